The first-order valence-corrected chi connectivity index (χ1v) is 8.83. The third-order valence-electron chi connectivity index (χ3n) is 4.02. The number of carbonyl (C=O) groups excluding carboxylic acids is 1. The van der Waals surface area contributed by atoms with E-state index in [1.54, 1.807) is 0 Å². The second-order valence-corrected chi connectivity index (χ2v) is 6.21. The molecule has 26 heavy (non-hydrogen) atoms. The number of nitrogens with one attached hydrogen (secondary N) is 1. The maximum atomic E-state index is 12.2. The minimum atomic E-state index is -0.763. The molecule has 0 spiro atoms. The highest BCUT2D eigenvalue weighted by atomic mass is 16.5. The van der Waals surface area contributed by atoms with Crippen LogP contribution in [0.3, 0.4) is 0 Å². The molecule has 138 valence electrons. The van der Waals surface area contributed by atoms with Gasteiger partial charge in [-0.2, -0.15) is 0 Å². The second kappa shape index (κ2) is 10.2. The van der Waals surface area contributed by atoms with Crippen molar-refractivity contribution >= 4 is 11.9 Å². The molecule has 0 saturated heterocycles. The Labute approximate surface area is 154 Å². The van der Waals surface area contributed by atoms with Crippen LogP contribution in [-0.4, -0.2) is 23.6 Å². The Morgan fingerprint density at radius 3 is 2.46 bits per heavy atom. The van der Waals surface area contributed by atoms with Gasteiger partial charge in [0.05, 0.1) is 6.61 Å². The molecule has 0 aliphatic rings. The van der Waals surface area contributed by atoms with E-state index in [2.05, 4.69) is 5.32 Å². The normalized spacial score (nSPS) is 10.3. The fourth-order valence-electron chi connectivity index (χ4n) is 2.51. The van der Waals surface area contributed by atoms with Crippen molar-refractivity contribution in [2.45, 2.75) is 39.2 Å². The Kier molecular flexibility index (Phi) is 7.68. The number of carbonyl (C=O) groups is 2. The monoisotopic (exact) mass is 355 g/mol. The van der Waals surface area contributed by atoms with Crippen LogP contribution < -0.4 is 10.1 Å². The molecule has 2 N–H and O–H groups in total. The van der Waals surface area contributed by atoms with Crippen LogP contribution in [0.4, 0.5) is 0 Å². The van der Waals surface area contributed by atoms with Gasteiger partial charge in [0, 0.05) is 24.1 Å². The number of carboxylic acid groups (broad SMARTS) is 1. The minimum Gasteiger partial charge on any atom is -0.493 e. The quantitative estimate of drug-likeness (QED) is 0.633. The Balaban J connectivity index is 1.81. The molecule has 0 aromatic heterocycles. The summed E-state index contributed by atoms with van der Waals surface area (Å²) >= 11 is 0. The largest absolute Gasteiger partial charge is 0.493 e. The molecule has 0 fully saturated rings. The van der Waals surface area contributed by atoms with E-state index in [0.717, 1.165) is 29.7 Å². The molecular formula is C21H25NO4. The van der Waals surface area contributed by atoms with E-state index in [9.17, 15) is 9.59 Å². The van der Waals surface area contributed by atoms with Crippen molar-refractivity contribution in [3.05, 3.63) is 65.2 Å². The number of amides is 1. The Morgan fingerprint density at radius 2 is 1.73 bits per heavy atom. The van der Waals surface area contributed by atoms with Crippen molar-refractivity contribution in [2.75, 3.05) is 6.61 Å². The molecule has 5 heteroatoms. The first kappa shape index (κ1) is 19.5. The number of hydrogen-bond acceptors (Lipinski definition) is 3. The number of rotatable bonds is 10. The van der Waals surface area contributed by atoms with E-state index >= 15 is 0 Å². The lowest BCUT2D eigenvalue weighted by Crippen LogP contribution is -2.23. The predicted molar refractivity (Wildman–Crippen MR) is 100 cm³/mol. The molecular weight excluding hydrogens is 330 g/mol. The van der Waals surface area contributed by atoms with Crippen LogP contribution >= 0.6 is 0 Å². The molecule has 0 aliphatic heterocycles. The number of unbranched alkanes of at least 4 members (excludes halogenated alkanes) is 2. The number of aryl methyl sites for hydroxylation is 1. The molecule has 0 saturated carbocycles. The number of carboxylic acids is 1. The maximum Gasteiger partial charge on any atom is 0.303 e. The Morgan fingerprint density at radius 1 is 1.00 bits per heavy atom. The minimum absolute atomic E-state index is 0.117. The maximum absolute atomic E-state index is 12.2. The van der Waals surface area contributed by atoms with Gasteiger partial charge in [-0.1, -0.05) is 35.9 Å². The second-order valence-electron chi connectivity index (χ2n) is 6.21. The highest BCUT2D eigenvalue weighted by molar-refractivity contribution is 5.94. The van der Waals surface area contributed by atoms with E-state index in [-0.39, 0.29) is 12.3 Å². The van der Waals surface area contributed by atoms with E-state index in [4.69, 9.17) is 9.84 Å². The van der Waals surface area contributed by atoms with Crippen molar-refractivity contribution < 1.29 is 19.4 Å². The van der Waals surface area contributed by atoms with Gasteiger partial charge in [-0.15, -0.1) is 0 Å². The average molecular weight is 355 g/mol. The van der Waals surface area contributed by atoms with Gasteiger partial charge >= 0.3 is 5.97 Å². The van der Waals surface area contributed by atoms with Crippen LogP contribution in [0.5, 0.6) is 5.75 Å². The van der Waals surface area contributed by atoms with Gasteiger partial charge in [0.2, 0.25) is 0 Å². The van der Waals surface area contributed by atoms with Gasteiger partial charge in [0.25, 0.3) is 5.91 Å². The highest BCUT2D eigenvalue weighted by Crippen LogP contribution is 2.18. The zero-order chi connectivity index (χ0) is 18.8. The molecule has 2 aromatic rings. The molecule has 0 aliphatic carbocycles. The Bertz CT molecular complexity index is 725. The predicted octanol–water partition coefficient (Wildman–Crippen LogP) is 3.95. The van der Waals surface area contributed by atoms with Crippen molar-refractivity contribution in [2.24, 2.45) is 0 Å². The Hall–Kier alpha value is -2.82. The SMILES string of the molecule is Cc1ccc(C(=O)NCc2ccccc2OCCCCCC(=O)O)cc1. The number of ether oxygens (including phenoxy) is 1. The average Bonchev–Trinajstić information content (AvgIpc) is 2.63. The lowest BCUT2D eigenvalue weighted by molar-refractivity contribution is -0.137. The van der Waals surface area contributed by atoms with Gasteiger partial charge in [-0.3, -0.25) is 9.59 Å². The number of para-hydroxylation sites is 1. The van der Waals surface area contributed by atoms with Crippen LogP contribution in [0.1, 0.15) is 47.2 Å². The molecule has 0 atom stereocenters. The van der Waals surface area contributed by atoms with E-state index in [1.807, 2.05) is 55.5 Å². The standard InChI is InChI=1S/C21H25NO4/c1-16-10-12-17(13-11-16)21(25)22-15-18-7-4-5-8-19(18)26-14-6-2-3-9-20(23)24/h4-5,7-8,10-13H,2-3,6,9,14-15H2,1H3,(H,22,25)(H,23,24). The van der Waals surface area contributed by atoms with Crippen LogP contribution in [-0.2, 0) is 11.3 Å². The van der Waals surface area contributed by atoms with Crippen molar-refractivity contribution in [1.29, 1.82) is 0 Å². The number of aliphatic carboxylic acids is 1. The summed E-state index contributed by atoms with van der Waals surface area (Å²) in [6.07, 6.45) is 2.48. The van der Waals surface area contributed by atoms with Gasteiger partial charge in [-0.25, -0.2) is 0 Å². The molecule has 0 heterocycles. The van der Waals surface area contributed by atoms with Crippen LogP contribution in [0.15, 0.2) is 48.5 Å². The van der Waals surface area contributed by atoms with Crippen LogP contribution in [0.2, 0.25) is 0 Å². The summed E-state index contributed by atoms with van der Waals surface area (Å²) in [5.74, 6) is -0.135. The van der Waals surface area contributed by atoms with Crippen LogP contribution in [0, 0.1) is 6.92 Å². The molecule has 0 unspecified atom stereocenters. The topological polar surface area (TPSA) is 75.6 Å². The molecule has 0 radical (unpaired) electrons. The number of hydrogen-bond donors (Lipinski definition) is 2. The van der Waals surface area contributed by atoms with E-state index in [0.29, 0.717) is 25.1 Å². The van der Waals surface area contributed by atoms with Crippen molar-refractivity contribution in [3.8, 4) is 5.75 Å². The van der Waals surface area contributed by atoms with Gasteiger partial charge in [0.15, 0.2) is 0 Å². The summed E-state index contributed by atoms with van der Waals surface area (Å²) in [4.78, 5) is 22.7. The van der Waals surface area contributed by atoms with Crippen molar-refractivity contribution in [1.82, 2.24) is 5.32 Å². The van der Waals surface area contributed by atoms with Gasteiger partial charge in [-0.05, 0) is 44.4 Å². The lowest BCUT2D eigenvalue weighted by atomic mass is 10.1. The lowest BCUT2D eigenvalue weighted by Gasteiger charge is -2.12. The summed E-state index contributed by atoms with van der Waals surface area (Å²) in [5.41, 5.74) is 2.66. The zero-order valence-electron chi connectivity index (χ0n) is 15.0. The van der Waals surface area contributed by atoms with E-state index in [1.165, 1.54) is 0 Å². The molecule has 2 rings (SSSR count). The molecule has 2 aromatic carbocycles. The fourth-order valence-corrected chi connectivity index (χ4v) is 2.51. The highest BCUT2D eigenvalue weighted by Gasteiger charge is 2.08. The first-order valence-electron chi connectivity index (χ1n) is 8.83. The molecule has 1 amide bonds. The summed E-state index contributed by atoms with van der Waals surface area (Å²) in [6, 6.07) is 15.1. The fraction of sp³-hybridized carbons (Fsp3) is 0.333. The summed E-state index contributed by atoms with van der Waals surface area (Å²) in [6.45, 7) is 2.90. The summed E-state index contributed by atoms with van der Waals surface area (Å²) in [5, 5.41) is 11.5. The summed E-state index contributed by atoms with van der Waals surface area (Å²) in [7, 11) is 0. The third-order valence-corrected chi connectivity index (χ3v) is 4.02. The first-order chi connectivity index (χ1) is 12.6. The summed E-state index contributed by atoms with van der Waals surface area (Å²) < 4.78 is 5.80. The van der Waals surface area contributed by atoms with Gasteiger partial charge < -0.3 is 15.2 Å². The third kappa shape index (κ3) is 6.59. The smallest absolute Gasteiger partial charge is 0.303 e. The van der Waals surface area contributed by atoms with Crippen LogP contribution in [0.25, 0.3) is 0 Å². The number of benzene rings is 2. The molecule has 5 nitrogen and oxygen atoms in total. The molecule has 0 bridgehead atoms. The zero-order valence-corrected chi connectivity index (χ0v) is 15.0. The van der Waals surface area contributed by atoms with Gasteiger partial charge in [0.1, 0.15) is 5.75 Å². The van der Waals surface area contributed by atoms with E-state index < -0.39 is 5.97 Å². The van der Waals surface area contributed by atoms with Crippen molar-refractivity contribution in [3.63, 3.8) is 0 Å².